The molecule has 0 N–H and O–H groups in total. The zero-order chi connectivity index (χ0) is 26.5. The van der Waals surface area contributed by atoms with Crippen molar-refractivity contribution in [1.82, 2.24) is 29.9 Å². The molecule has 0 fully saturated rings. The minimum Gasteiger partial charge on any atom is -0.244 e. The third-order valence-corrected chi connectivity index (χ3v) is 7.57. The average molecular weight is 513 g/mol. The van der Waals surface area contributed by atoms with E-state index in [4.69, 9.17) is 0 Å². The van der Waals surface area contributed by atoms with E-state index >= 15 is 0 Å². The van der Waals surface area contributed by atoms with Gasteiger partial charge in [-0.1, -0.05) is 48.5 Å². The average Bonchev–Trinajstić information content (AvgIpc) is 3.04. The van der Waals surface area contributed by atoms with Crippen molar-refractivity contribution >= 4 is 32.3 Å². The van der Waals surface area contributed by atoms with E-state index in [9.17, 15) is 0 Å². The van der Waals surface area contributed by atoms with Crippen LogP contribution in [0.2, 0.25) is 0 Å². The summed E-state index contributed by atoms with van der Waals surface area (Å²) < 4.78 is 0. The Kier molecular flexibility index (Phi) is 5.03. The monoisotopic (exact) mass is 512 g/mol. The van der Waals surface area contributed by atoms with Crippen LogP contribution in [0.5, 0.6) is 0 Å². The van der Waals surface area contributed by atoms with Gasteiger partial charge in [-0.3, -0.25) is 0 Å². The molecule has 0 spiro atoms. The highest BCUT2D eigenvalue weighted by Crippen LogP contribution is 2.43. The molecule has 6 heteroatoms. The van der Waals surface area contributed by atoms with Crippen molar-refractivity contribution in [2.75, 3.05) is 0 Å². The number of rotatable bonds is 4. The highest BCUT2D eigenvalue weighted by Gasteiger charge is 2.16. The summed E-state index contributed by atoms with van der Waals surface area (Å²) in [7, 11) is 0. The predicted octanol–water partition coefficient (Wildman–Crippen LogP) is 7.62. The van der Waals surface area contributed by atoms with E-state index in [1.54, 1.807) is 19.0 Å². The Hall–Kier alpha value is -5.62. The summed E-state index contributed by atoms with van der Waals surface area (Å²) in [6, 6.07) is 24.3. The number of aromatic nitrogens is 6. The zero-order valence-electron chi connectivity index (χ0n) is 21.2. The number of benzene rings is 5. The van der Waals surface area contributed by atoms with E-state index in [1.165, 1.54) is 32.3 Å². The van der Waals surface area contributed by atoms with Crippen LogP contribution in [-0.2, 0) is 0 Å². The van der Waals surface area contributed by atoms with Gasteiger partial charge < -0.3 is 0 Å². The maximum absolute atomic E-state index is 4.26. The first-order valence-electron chi connectivity index (χ1n) is 13.0. The largest absolute Gasteiger partial charge is 0.244 e. The maximum Gasteiger partial charge on any atom is 0.115 e. The summed E-state index contributed by atoms with van der Waals surface area (Å²) in [6.45, 7) is 0. The minimum atomic E-state index is 0.954. The molecule has 0 unspecified atom stereocenters. The molecular weight excluding hydrogens is 492 g/mol. The lowest BCUT2D eigenvalue weighted by molar-refractivity contribution is 1.17. The van der Waals surface area contributed by atoms with Gasteiger partial charge in [-0.2, -0.15) is 0 Å². The predicted molar refractivity (Wildman–Crippen MR) is 159 cm³/mol. The Balaban J connectivity index is 1.42. The van der Waals surface area contributed by atoms with E-state index in [1.807, 2.05) is 37.2 Å². The lowest BCUT2D eigenvalue weighted by Crippen LogP contribution is -1.92. The van der Waals surface area contributed by atoms with E-state index < -0.39 is 0 Å². The van der Waals surface area contributed by atoms with Crippen LogP contribution in [0, 0.1) is 0 Å². The van der Waals surface area contributed by atoms with E-state index in [-0.39, 0.29) is 0 Å². The first kappa shape index (κ1) is 22.4. The Bertz CT molecular complexity index is 2090. The normalized spacial score (nSPS) is 11.5. The molecule has 5 aromatic carbocycles. The van der Waals surface area contributed by atoms with Gasteiger partial charge in [-0.15, -0.1) is 0 Å². The molecule has 3 aromatic heterocycles. The molecule has 8 aromatic rings. The van der Waals surface area contributed by atoms with Crippen LogP contribution in [0.1, 0.15) is 0 Å². The fraction of sp³-hybridized carbons (Fsp3) is 0. The molecule has 0 saturated heterocycles. The highest BCUT2D eigenvalue weighted by molar-refractivity contribution is 6.27. The van der Waals surface area contributed by atoms with Crippen LogP contribution in [0.25, 0.3) is 76.8 Å². The van der Waals surface area contributed by atoms with Gasteiger partial charge in [0.15, 0.2) is 0 Å². The highest BCUT2D eigenvalue weighted by atomic mass is 14.8. The molecule has 0 radical (unpaired) electrons. The molecule has 8 rings (SSSR count). The quantitative estimate of drug-likeness (QED) is 0.226. The molecule has 0 atom stereocenters. The summed E-state index contributed by atoms with van der Waals surface area (Å²) in [5.41, 5.74) is 8.38. The Labute approximate surface area is 229 Å². The first-order valence-corrected chi connectivity index (χ1v) is 13.0. The van der Waals surface area contributed by atoms with Crippen LogP contribution in [0.4, 0.5) is 0 Å². The van der Waals surface area contributed by atoms with Crippen molar-refractivity contribution in [2.24, 2.45) is 0 Å². The molecule has 0 aliphatic carbocycles. The van der Waals surface area contributed by atoms with Crippen LogP contribution >= 0.6 is 0 Å². The lowest BCUT2D eigenvalue weighted by Gasteiger charge is -2.17. The second-order valence-corrected chi connectivity index (χ2v) is 9.83. The number of hydrogen-bond donors (Lipinski definition) is 0. The van der Waals surface area contributed by atoms with Crippen molar-refractivity contribution < 1.29 is 0 Å². The smallest absolute Gasteiger partial charge is 0.115 e. The zero-order valence-corrected chi connectivity index (χ0v) is 21.2. The molecule has 0 bridgehead atoms. The molecule has 0 aliphatic heterocycles. The van der Waals surface area contributed by atoms with Gasteiger partial charge in [-0.05, 0) is 78.3 Å². The van der Waals surface area contributed by atoms with Crippen LogP contribution in [-0.4, -0.2) is 29.9 Å². The Morgan fingerprint density at radius 2 is 0.700 bits per heavy atom. The molecular formula is C34H20N6. The Morgan fingerprint density at radius 3 is 1.18 bits per heavy atom. The maximum atomic E-state index is 4.26. The molecule has 40 heavy (non-hydrogen) atoms. The van der Waals surface area contributed by atoms with E-state index in [0.717, 1.165) is 44.5 Å². The van der Waals surface area contributed by atoms with Gasteiger partial charge in [-0.25, -0.2) is 29.9 Å². The van der Waals surface area contributed by atoms with Crippen molar-refractivity contribution in [2.45, 2.75) is 0 Å². The molecule has 6 nitrogen and oxygen atoms in total. The van der Waals surface area contributed by atoms with Gasteiger partial charge >= 0.3 is 0 Å². The summed E-state index contributed by atoms with van der Waals surface area (Å²) in [6.07, 6.45) is 15.8. The third kappa shape index (κ3) is 3.58. The van der Waals surface area contributed by atoms with Gasteiger partial charge in [0, 0.05) is 53.9 Å². The molecule has 3 heterocycles. The fourth-order valence-corrected chi connectivity index (χ4v) is 5.76. The SMILES string of the molecule is c1ncc(-c2cc(-c3cncnc3)cc(-c3ccc4ccc5ccc(-c6cncnc6)c6ccc3c4c56)c2)cn1. The molecule has 0 amide bonds. The van der Waals surface area contributed by atoms with Gasteiger partial charge in [0.2, 0.25) is 0 Å². The van der Waals surface area contributed by atoms with Gasteiger partial charge in [0.1, 0.15) is 19.0 Å². The van der Waals surface area contributed by atoms with Crippen LogP contribution < -0.4 is 0 Å². The molecule has 0 aliphatic rings. The second kappa shape index (κ2) is 8.99. The van der Waals surface area contributed by atoms with Gasteiger partial charge in [0.25, 0.3) is 0 Å². The third-order valence-electron chi connectivity index (χ3n) is 7.57. The summed E-state index contributed by atoms with van der Waals surface area (Å²) in [5.74, 6) is 0. The van der Waals surface area contributed by atoms with Crippen LogP contribution in [0.15, 0.2) is 123 Å². The minimum absolute atomic E-state index is 0.954. The summed E-state index contributed by atoms with van der Waals surface area (Å²) in [4.78, 5) is 25.6. The van der Waals surface area contributed by atoms with E-state index in [0.29, 0.717) is 0 Å². The number of hydrogen-bond acceptors (Lipinski definition) is 6. The number of nitrogens with zero attached hydrogens (tertiary/aromatic N) is 6. The van der Waals surface area contributed by atoms with E-state index in [2.05, 4.69) is 96.6 Å². The van der Waals surface area contributed by atoms with Crippen molar-refractivity contribution in [3.63, 3.8) is 0 Å². The first-order chi connectivity index (χ1) is 19.8. The lowest BCUT2D eigenvalue weighted by atomic mass is 9.86. The van der Waals surface area contributed by atoms with Gasteiger partial charge in [0.05, 0.1) is 0 Å². The Morgan fingerprint density at radius 1 is 0.325 bits per heavy atom. The van der Waals surface area contributed by atoms with Crippen molar-refractivity contribution in [3.8, 4) is 44.5 Å². The molecule has 0 saturated carbocycles. The topological polar surface area (TPSA) is 77.3 Å². The van der Waals surface area contributed by atoms with Crippen LogP contribution in [0.3, 0.4) is 0 Å². The summed E-state index contributed by atoms with van der Waals surface area (Å²) in [5, 5.41) is 7.33. The summed E-state index contributed by atoms with van der Waals surface area (Å²) >= 11 is 0. The van der Waals surface area contributed by atoms with Crippen molar-refractivity contribution in [3.05, 3.63) is 123 Å². The fourth-order valence-electron chi connectivity index (χ4n) is 5.76. The second-order valence-electron chi connectivity index (χ2n) is 9.83. The molecule has 186 valence electrons. The van der Waals surface area contributed by atoms with Crippen molar-refractivity contribution in [1.29, 1.82) is 0 Å². The standard InChI is InChI=1S/C34H20N6/c1-2-22-4-6-30(28-16-39-20-40-17-28)32-8-7-31-29(5-3-21(1)33(31)34(22)32)25-10-23(26-12-35-18-36-13-26)9-24(11-25)27-14-37-19-38-15-27/h1-20H.